The minimum Gasteiger partial charge on any atom is -0.299 e. The molecule has 1 aromatic carbocycles. The van der Waals surface area contributed by atoms with Crippen molar-refractivity contribution in [3.05, 3.63) is 34.4 Å². The van der Waals surface area contributed by atoms with Crippen LogP contribution in [0.4, 0.5) is 5.69 Å². The summed E-state index contributed by atoms with van der Waals surface area (Å²) in [6.45, 7) is 3.89. The zero-order valence-corrected chi connectivity index (χ0v) is 16.9. The van der Waals surface area contributed by atoms with Gasteiger partial charge in [-0.1, -0.05) is 13.8 Å². The summed E-state index contributed by atoms with van der Waals surface area (Å²) in [6, 6.07) is 3.94. The molecule has 0 spiro atoms. The topological polar surface area (TPSA) is 169 Å². The van der Waals surface area contributed by atoms with E-state index in [0.29, 0.717) is 12.8 Å². The maximum Gasteiger partial charge on any atom is 0.294 e. The first kappa shape index (κ1) is 22.4. The third kappa shape index (κ3) is 4.24. The molecule has 3 rings (SSSR count). The van der Waals surface area contributed by atoms with Gasteiger partial charge in [0.15, 0.2) is 0 Å². The Labute approximate surface area is 162 Å². The SMILES string of the molecule is CC1(C)C2CCC1(CS(=O)(=O)O)C(=O)C2.O=[N+]([O-])c1ccc(S(=O)(=O)O)cc1. The molecule has 2 aliphatic carbocycles. The Morgan fingerprint density at radius 1 is 1.14 bits per heavy atom. The van der Waals surface area contributed by atoms with E-state index >= 15 is 0 Å². The molecule has 2 unspecified atom stereocenters. The Bertz CT molecular complexity index is 997. The number of nitro benzene ring substituents is 1. The van der Waals surface area contributed by atoms with E-state index in [2.05, 4.69) is 0 Å². The highest BCUT2D eigenvalue weighted by Crippen LogP contribution is 2.64. The molecule has 2 saturated carbocycles. The Hall–Kier alpha value is -1.89. The summed E-state index contributed by atoms with van der Waals surface area (Å²) in [7, 11) is -8.34. The maximum absolute atomic E-state index is 11.9. The van der Waals surface area contributed by atoms with Crippen molar-refractivity contribution < 1.29 is 35.7 Å². The third-order valence-corrected chi connectivity index (χ3v) is 7.64. The van der Waals surface area contributed by atoms with Gasteiger partial charge in [-0.15, -0.1) is 0 Å². The van der Waals surface area contributed by atoms with Gasteiger partial charge >= 0.3 is 0 Å². The van der Waals surface area contributed by atoms with Crippen LogP contribution in [0.1, 0.15) is 33.1 Å². The van der Waals surface area contributed by atoms with E-state index in [1.54, 1.807) is 0 Å². The molecule has 2 atom stereocenters. The number of ketones is 1. The van der Waals surface area contributed by atoms with E-state index in [9.17, 15) is 31.7 Å². The van der Waals surface area contributed by atoms with E-state index in [1.165, 1.54) is 0 Å². The van der Waals surface area contributed by atoms with Gasteiger partial charge in [0.05, 0.1) is 21.0 Å². The van der Waals surface area contributed by atoms with Crippen LogP contribution in [0.2, 0.25) is 0 Å². The number of Topliss-reactive ketones (excluding diaryl/α,β-unsaturated/α-hetero) is 1. The van der Waals surface area contributed by atoms with Crippen LogP contribution in [0.25, 0.3) is 0 Å². The number of carbonyl (C=O) groups excluding carboxylic acids is 1. The molecule has 28 heavy (non-hydrogen) atoms. The van der Waals surface area contributed by atoms with Crippen molar-refractivity contribution in [3.63, 3.8) is 0 Å². The van der Waals surface area contributed by atoms with Crippen LogP contribution in [0.5, 0.6) is 0 Å². The summed E-state index contributed by atoms with van der Waals surface area (Å²) >= 11 is 0. The molecule has 0 saturated heterocycles. The first-order chi connectivity index (χ1) is 12.6. The van der Waals surface area contributed by atoms with Gasteiger partial charge < -0.3 is 0 Å². The second-order valence-electron chi connectivity index (χ2n) is 7.62. The standard InChI is InChI=1S/C10H16O4S.C6H5NO5S/c1-9(2)7-3-4-10(9,8(11)5-7)6-15(12,13)14;8-7(9)5-1-3-6(4-2-5)13(10,11)12/h7H,3-6H2,1-2H3,(H,12,13,14);1-4H,(H,10,11,12). The minimum atomic E-state index is -4.27. The van der Waals surface area contributed by atoms with Crippen LogP contribution in [-0.2, 0) is 25.0 Å². The summed E-state index contributed by atoms with van der Waals surface area (Å²) in [5.74, 6) is -0.101. The summed E-state index contributed by atoms with van der Waals surface area (Å²) in [6.07, 6.45) is 1.97. The molecule has 0 radical (unpaired) electrons. The summed E-state index contributed by atoms with van der Waals surface area (Å²) in [5, 5.41) is 10.2. The van der Waals surface area contributed by atoms with Crippen molar-refractivity contribution in [3.8, 4) is 0 Å². The predicted molar refractivity (Wildman–Crippen MR) is 97.9 cm³/mol. The number of benzene rings is 1. The van der Waals surface area contributed by atoms with E-state index in [4.69, 9.17) is 9.11 Å². The molecule has 2 aliphatic rings. The van der Waals surface area contributed by atoms with Crippen LogP contribution >= 0.6 is 0 Å². The average molecular weight is 435 g/mol. The van der Waals surface area contributed by atoms with Crippen molar-refractivity contribution >= 4 is 31.7 Å². The minimum absolute atomic E-state index is 0.0152. The fraction of sp³-hybridized carbons (Fsp3) is 0.562. The third-order valence-electron chi connectivity index (χ3n) is 5.91. The lowest BCUT2D eigenvalue weighted by Gasteiger charge is -2.35. The molecule has 10 nitrogen and oxygen atoms in total. The molecule has 0 aromatic heterocycles. The van der Waals surface area contributed by atoms with Crippen molar-refractivity contribution in [1.29, 1.82) is 0 Å². The zero-order valence-electron chi connectivity index (χ0n) is 15.2. The van der Waals surface area contributed by atoms with Gasteiger partial charge in [-0.25, -0.2) is 0 Å². The van der Waals surface area contributed by atoms with Crippen molar-refractivity contribution in [2.45, 2.75) is 38.0 Å². The Balaban J connectivity index is 0.000000203. The first-order valence-corrected chi connectivity index (χ1v) is 11.4. The van der Waals surface area contributed by atoms with E-state index in [0.717, 1.165) is 30.7 Å². The molecule has 1 aromatic rings. The average Bonchev–Trinajstić information content (AvgIpc) is 2.87. The molecule has 0 aliphatic heterocycles. The van der Waals surface area contributed by atoms with Crippen molar-refractivity contribution in [2.75, 3.05) is 5.75 Å². The molecule has 2 bridgehead atoms. The first-order valence-electron chi connectivity index (χ1n) is 8.30. The maximum atomic E-state index is 11.9. The Morgan fingerprint density at radius 2 is 1.68 bits per heavy atom. The number of hydrogen-bond acceptors (Lipinski definition) is 7. The van der Waals surface area contributed by atoms with Gasteiger partial charge in [0.1, 0.15) is 5.78 Å². The smallest absolute Gasteiger partial charge is 0.294 e. The second-order valence-corrected chi connectivity index (χ2v) is 10.5. The quantitative estimate of drug-likeness (QED) is 0.408. The van der Waals surface area contributed by atoms with Gasteiger partial charge in [-0.3, -0.25) is 24.0 Å². The number of carbonyl (C=O) groups is 1. The van der Waals surface area contributed by atoms with Crippen LogP contribution in [-0.4, -0.2) is 42.4 Å². The fourth-order valence-corrected chi connectivity index (χ4v) is 5.94. The number of nitrogens with zero attached hydrogens (tertiary/aromatic N) is 1. The number of hydrogen-bond donors (Lipinski definition) is 2. The summed E-state index contributed by atoms with van der Waals surface area (Å²) < 4.78 is 60.5. The molecule has 156 valence electrons. The van der Waals surface area contributed by atoms with E-state index < -0.39 is 36.3 Å². The molecule has 12 heteroatoms. The highest BCUT2D eigenvalue weighted by Gasteiger charge is 2.65. The van der Waals surface area contributed by atoms with Gasteiger partial charge in [0.2, 0.25) is 0 Å². The van der Waals surface area contributed by atoms with Crippen molar-refractivity contribution in [2.24, 2.45) is 16.7 Å². The number of rotatable bonds is 4. The molecule has 2 N–H and O–H groups in total. The van der Waals surface area contributed by atoms with Crippen molar-refractivity contribution in [1.82, 2.24) is 0 Å². The zero-order chi connectivity index (χ0) is 21.5. The molecular weight excluding hydrogens is 414 g/mol. The molecule has 0 heterocycles. The van der Waals surface area contributed by atoms with E-state index in [-0.39, 0.29) is 27.7 Å². The number of nitro groups is 1. The number of fused-ring (bicyclic) bond motifs is 2. The second kappa shape index (κ2) is 7.17. The molecular formula is C16H21NO9S2. The van der Waals surface area contributed by atoms with Crippen LogP contribution < -0.4 is 0 Å². The highest BCUT2D eigenvalue weighted by molar-refractivity contribution is 7.86. The number of non-ortho nitro benzene ring substituents is 1. The van der Waals surface area contributed by atoms with Gasteiger partial charge in [-0.2, -0.15) is 16.8 Å². The predicted octanol–water partition coefficient (Wildman–Crippen LogP) is 2.11. The fourth-order valence-electron chi connectivity index (χ4n) is 4.16. The van der Waals surface area contributed by atoms with Crippen LogP contribution in [0.15, 0.2) is 29.2 Å². The van der Waals surface area contributed by atoms with Crippen LogP contribution in [0.3, 0.4) is 0 Å². The molecule has 2 fully saturated rings. The lowest BCUT2D eigenvalue weighted by atomic mass is 9.70. The van der Waals surface area contributed by atoms with Gasteiger partial charge in [0.25, 0.3) is 25.9 Å². The van der Waals surface area contributed by atoms with Gasteiger partial charge in [-0.05, 0) is 36.3 Å². The Morgan fingerprint density at radius 3 is 2.00 bits per heavy atom. The molecule has 0 amide bonds. The monoisotopic (exact) mass is 435 g/mol. The lowest BCUT2D eigenvalue weighted by Crippen LogP contribution is -2.42. The largest absolute Gasteiger partial charge is 0.299 e. The summed E-state index contributed by atoms with van der Waals surface area (Å²) in [5.41, 5.74) is -1.35. The Kier molecular flexibility index (Phi) is 5.74. The van der Waals surface area contributed by atoms with E-state index in [1.807, 2.05) is 13.8 Å². The normalized spacial score (nSPS) is 25.9. The highest BCUT2D eigenvalue weighted by atomic mass is 32.2. The van der Waals surface area contributed by atoms with Gasteiger partial charge in [0, 0.05) is 18.6 Å². The lowest BCUT2D eigenvalue weighted by molar-refractivity contribution is -0.384. The van der Waals surface area contributed by atoms with Crippen LogP contribution in [0, 0.1) is 26.9 Å². The summed E-state index contributed by atoms with van der Waals surface area (Å²) in [4.78, 5) is 21.0.